The summed E-state index contributed by atoms with van der Waals surface area (Å²) in [7, 11) is 0. The molecule has 1 aromatic carbocycles. The van der Waals surface area contributed by atoms with Crippen LogP contribution >= 0.6 is 0 Å². The average Bonchev–Trinajstić information content (AvgIpc) is 2.53. The topological polar surface area (TPSA) is 71.4 Å². The van der Waals surface area contributed by atoms with Gasteiger partial charge in [-0.25, -0.2) is 4.79 Å². The van der Waals surface area contributed by atoms with Gasteiger partial charge in [0.1, 0.15) is 17.0 Å². The first-order valence-electron chi connectivity index (χ1n) is 8.29. The van der Waals surface area contributed by atoms with Crippen LogP contribution in [0.15, 0.2) is 29.4 Å². The molecule has 2 aliphatic rings. The van der Waals surface area contributed by atoms with Gasteiger partial charge in [0, 0.05) is 37.9 Å². The Balaban J connectivity index is 1.71. The number of piperidine rings is 1. The van der Waals surface area contributed by atoms with Crippen molar-refractivity contribution in [2.45, 2.75) is 51.2 Å². The van der Waals surface area contributed by atoms with Gasteiger partial charge in [0.15, 0.2) is 0 Å². The molecular weight excluding hydrogens is 308 g/mol. The molecule has 2 heterocycles. The standard InChI is InChI=1S/C18H24N2O4/c1-17(2,3)24-16(21)20-10-8-18(9-11-20)12-14(19-22)13-6-4-5-7-15(13)23-18/h4-7,22H,8-12H2,1-3H3/b19-14-. The first-order valence-corrected chi connectivity index (χ1v) is 8.29. The molecule has 0 aliphatic carbocycles. The largest absolute Gasteiger partial charge is 0.486 e. The van der Waals surface area contributed by atoms with Crippen molar-refractivity contribution in [3.05, 3.63) is 29.8 Å². The number of benzene rings is 1. The minimum absolute atomic E-state index is 0.287. The normalized spacial score (nSPS) is 21.3. The van der Waals surface area contributed by atoms with Gasteiger partial charge in [-0.2, -0.15) is 0 Å². The number of carbonyl (C=O) groups is 1. The number of para-hydroxylation sites is 1. The lowest BCUT2D eigenvalue weighted by molar-refractivity contribution is -0.0169. The predicted octanol–water partition coefficient (Wildman–Crippen LogP) is 3.42. The molecule has 2 aliphatic heterocycles. The molecule has 3 rings (SSSR count). The number of likely N-dealkylation sites (tertiary alicyclic amines) is 1. The van der Waals surface area contributed by atoms with Crippen LogP contribution in [0.25, 0.3) is 0 Å². The van der Waals surface area contributed by atoms with E-state index in [0.29, 0.717) is 38.1 Å². The first kappa shape index (κ1) is 16.6. The fourth-order valence-electron chi connectivity index (χ4n) is 3.26. The van der Waals surface area contributed by atoms with Crippen LogP contribution in [0.3, 0.4) is 0 Å². The quantitative estimate of drug-likeness (QED) is 0.584. The van der Waals surface area contributed by atoms with Crippen molar-refractivity contribution in [3.8, 4) is 5.75 Å². The Morgan fingerprint density at radius 2 is 1.96 bits per heavy atom. The van der Waals surface area contributed by atoms with Gasteiger partial charge in [0.05, 0.1) is 5.71 Å². The van der Waals surface area contributed by atoms with Gasteiger partial charge >= 0.3 is 6.09 Å². The maximum Gasteiger partial charge on any atom is 0.410 e. The molecule has 0 radical (unpaired) electrons. The van der Waals surface area contributed by atoms with Crippen LogP contribution in [0.4, 0.5) is 4.79 Å². The molecule has 0 bridgehead atoms. The van der Waals surface area contributed by atoms with Crippen molar-refractivity contribution in [2.75, 3.05) is 13.1 Å². The van der Waals surface area contributed by atoms with Crippen LogP contribution in [0, 0.1) is 0 Å². The van der Waals surface area contributed by atoms with Crippen molar-refractivity contribution < 1.29 is 19.5 Å². The Morgan fingerprint density at radius 3 is 2.58 bits per heavy atom. The van der Waals surface area contributed by atoms with Crippen molar-refractivity contribution >= 4 is 11.8 Å². The molecule has 1 fully saturated rings. The van der Waals surface area contributed by atoms with Crippen molar-refractivity contribution in [3.63, 3.8) is 0 Å². The van der Waals surface area contributed by atoms with E-state index in [2.05, 4.69) is 5.16 Å². The number of rotatable bonds is 0. The van der Waals surface area contributed by atoms with Gasteiger partial charge in [0.25, 0.3) is 0 Å². The number of nitrogens with zero attached hydrogens (tertiary/aromatic N) is 2. The summed E-state index contributed by atoms with van der Waals surface area (Å²) >= 11 is 0. The Morgan fingerprint density at radius 1 is 1.29 bits per heavy atom. The smallest absolute Gasteiger partial charge is 0.410 e. The monoisotopic (exact) mass is 332 g/mol. The number of oxime groups is 1. The van der Waals surface area contributed by atoms with E-state index < -0.39 is 11.2 Å². The minimum atomic E-state index is -0.497. The molecule has 0 saturated carbocycles. The second-order valence-electron chi connectivity index (χ2n) is 7.47. The molecule has 1 amide bonds. The number of hydrogen-bond donors (Lipinski definition) is 1. The zero-order valence-corrected chi connectivity index (χ0v) is 14.4. The summed E-state index contributed by atoms with van der Waals surface area (Å²) < 4.78 is 11.7. The molecule has 6 nitrogen and oxygen atoms in total. The molecule has 1 aromatic rings. The van der Waals surface area contributed by atoms with Crippen LogP contribution in [-0.2, 0) is 4.74 Å². The zero-order chi connectivity index (χ0) is 17.4. The lowest BCUT2D eigenvalue weighted by Gasteiger charge is -2.44. The summed E-state index contributed by atoms with van der Waals surface area (Å²) in [4.78, 5) is 13.9. The summed E-state index contributed by atoms with van der Waals surface area (Å²) in [5.41, 5.74) is 0.556. The van der Waals surface area contributed by atoms with Crippen LogP contribution in [-0.4, -0.2) is 46.2 Å². The van der Waals surface area contributed by atoms with E-state index in [-0.39, 0.29) is 6.09 Å². The number of amides is 1. The fourth-order valence-corrected chi connectivity index (χ4v) is 3.26. The van der Waals surface area contributed by atoms with E-state index >= 15 is 0 Å². The lowest BCUT2D eigenvalue weighted by Crippen LogP contribution is -2.53. The second-order valence-corrected chi connectivity index (χ2v) is 7.47. The summed E-state index contributed by atoms with van der Waals surface area (Å²) in [6.45, 7) is 6.72. The van der Waals surface area contributed by atoms with Gasteiger partial charge < -0.3 is 19.6 Å². The fraction of sp³-hybridized carbons (Fsp3) is 0.556. The molecule has 1 saturated heterocycles. The lowest BCUT2D eigenvalue weighted by atomic mass is 9.82. The van der Waals surface area contributed by atoms with E-state index in [4.69, 9.17) is 9.47 Å². The Bertz CT molecular complexity index is 655. The van der Waals surface area contributed by atoms with Gasteiger partial charge in [-0.3, -0.25) is 0 Å². The molecule has 6 heteroatoms. The van der Waals surface area contributed by atoms with Crippen molar-refractivity contribution in [1.82, 2.24) is 4.90 Å². The van der Waals surface area contributed by atoms with Crippen LogP contribution in [0.2, 0.25) is 0 Å². The summed E-state index contributed by atoms with van der Waals surface area (Å²) in [5, 5.41) is 12.8. The van der Waals surface area contributed by atoms with E-state index in [1.165, 1.54) is 0 Å². The van der Waals surface area contributed by atoms with E-state index in [0.717, 1.165) is 11.3 Å². The third-order valence-corrected chi connectivity index (χ3v) is 4.46. The van der Waals surface area contributed by atoms with Crippen LogP contribution in [0.1, 0.15) is 45.6 Å². The summed E-state index contributed by atoms with van der Waals surface area (Å²) in [6, 6.07) is 7.59. The predicted molar refractivity (Wildman–Crippen MR) is 89.8 cm³/mol. The first-order chi connectivity index (χ1) is 11.3. The zero-order valence-electron chi connectivity index (χ0n) is 14.4. The highest BCUT2D eigenvalue weighted by molar-refractivity contribution is 6.04. The molecule has 0 atom stereocenters. The van der Waals surface area contributed by atoms with Gasteiger partial charge in [-0.1, -0.05) is 17.3 Å². The highest BCUT2D eigenvalue weighted by Gasteiger charge is 2.43. The second kappa shape index (κ2) is 6.00. The summed E-state index contributed by atoms with van der Waals surface area (Å²) in [5.74, 6) is 0.738. The maximum atomic E-state index is 12.2. The molecule has 0 unspecified atom stereocenters. The highest BCUT2D eigenvalue weighted by Crippen LogP contribution is 2.39. The Labute approximate surface area is 142 Å². The van der Waals surface area contributed by atoms with Crippen LogP contribution < -0.4 is 4.74 Å². The third-order valence-electron chi connectivity index (χ3n) is 4.46. The minimum Gasteiger partial charge on any atom is -0.486 e. The molecule has 0 aromatic heterocycles. The molecule has 1 N–H and O–H groups in total. The average molecular weight is 332 g/mol. The number of ether oxygens (including phenoxy) is 2. The van der Waals surface area contributed by atoms with E-state index in [1.807, 2.05) is 45.0 Å². The molecule has 130 valence electrons. The third kappa shape index (κ3) is 3.32. The van der Waals surface area contributed by atoms with Gasteiger partial charge in [0.2, 0.25) is 0 Å². The van der Waals surface area contributed by atoms with Crippen molar-refractivity contribution in [1.29, 1.82) is 0 Å². The van der Waals surface area contributed by atoms with E-state index in [9.17, 15) is 10.0 Å². The number of carbonyl (C=O) groups excluding carboxylic acids is 1. The SMILES string of the molecule is CC(C)(C)OC(=O)N1CCC2(CC1)C/C(=N/O)c1ccccc1O2. The van der Waals surface area contributed by atoms with Crippen LogP contribution in [0.5, 0.6) is 5.75 Å². The van der Waals surface area contributed by atoms with E-state index in [1.54, 1.807) is 4.90 Å². The summed E-state index contributed by atoms with van der Waals surface area (Å²) in [6.07, 6.45) is 1.62. The number of hydrogen-bond acceptors (Lipinski definition) is 5. The van der Waals surface area contributed by atoms with Crippen molar-refractivity contribution in [2.24, 2.45) is 5.16 Å². The maximum absolute atomic E-state index is 12.2. The highest BCUT2D eigenvalue weighted by atomic mass is 16.6. The molecule has 1 spiro atoms. The molecule has 24 heavy (non-hydrogen) atoms. The van der Waals surface area contributed by atoms with Gasteiger partial charge in [-0.15, -0.1) is 0 Å². The van der Waals surface area contributed by atoms with Gasteiger partial charge in [-0.05, 0) is 32.9 Å². The Hall–Kier alpha value is -2.24. The number of fused-ring (bicyclic) bond motifs is 1. The molecular formula is C18H24N2O4. The Kier molecular flexibility index (Phi) is 4.15.